The zero-order valence-electron chi connectivity index (χ0n) is 11.5. The van der Waals surface area contributed by atoms with E-state index in [9.17, 15) is 14.4 Å². The Balaban J connectivity index is 2.32. The molecule has 5 nitrogen and oxygen atoms in total. The first-order chi connectivity index (χ1) is 9.90. The maximum absolute atomic E-state index is 11.9. The second kappa shape index (κ2) is 8.69. The summed E-state index contributed by atoms with van der Waals surface area (Å²) >= 11 is 6.95. The van der Waals surface area contributed by atoms with E-state index >= 15 is 0 Å². The number of carbonyl (C=O) groups is 3. The van der Waals surface area contributed by atoms with E-state index in [0.29, 0.717) is 10.6 Å². The minimum absolute atomic E-state index is 0.0716. The summed E-state index contributed by atoms with van der Waals surface area (Å²) in [5, 5.41) is 9.11. The van der Waals surface area contributed by atoms with Gasteiger partial charge in [0.05, 0.1) is 17.9 Å². The number of hydrogen-bond acceptors (Lipinski definition) is 4. The Hall–Kier alpha value is -1.53. The fourth-order valence-corrected chi connectivity index (χ4v) is 2.42. The smallest absolute Gasteiger partial charge is 0.305 e. The van der Waals surface area contributed by atoms with E-state index in [1.54, 1.807) is 31.3 Å². The molecule has 1 amide bonds. The summed E-state index contributed by atoms with van der Waals surface area (Å²) < 4.78 is 0. The van der Waals surface area contributed by atoms with Crippen LogP contribution in [0.5, 0.6) is 0 Å². The third-order valence-electron chi connectivity index (χ3n) is 2.71. The minimum Gasteiger partial charge on any atom is -0.481 e. The zero-order chi connectivity index (χ0) is 15.8. The maximum atomic E-state index is 11.9. The first kappa shape index (κ1) is 17.5. The van der Waals surface area contributed by atoms with Crippen LogP contribution in [0.25, 0.3) is 0 Å². The van der Waals surface area contributed by atoms with Gasteiger partial charge in [-0.15, -0.1) is 11.8 Å². The van der Waals surface area contributed by atoms with Gasteiger partial charge >= 0.3 is 5.97 Å². The SMILES string of the molecule is CN(CCC(=O)O)C(=O)CSCC(=O)c1ccc(Cl)cc1. The molecule has 0 bridgehead atoms. The van der Waals surface area contributed by atoms with E-state index in [4.69, 9.17) is 16.7 Å². The summed E-state index contributed by atoms with van der Waals surface area (Å²) in [6, 6.07) is 6.58. The van der Waals surface area contributed by atoms with Gasteiger partial charge in [0, 0.05) is 24.2 Å². The van der Waals surface area contributed by atoms with Crippen molar-refractivity contribution in [1.29, 1.82) is 0 Å². The molecule has 0 fully saturated rings. The molecule has 0 aromatic heterocycles. The van der Waals surface area contributed by atoms with Crippen molar-refractivity contribution in [3.05, 3.63) is 34.9 Å². The highest BCUT2D eigenvalue weighted by molar-refractivity contribution is 8.00. The van der Waals surface area contributed by atoms with Crippen molar-refractivity contribution in [2.45, 2.75) is 6.42 Å². The molecule has 7 heteroatoms. The normalized spacial score (nSPS) is 10.2. The molecule has 0 spiro atoms. The molecule has 1 aromatic rings. The highest BCUT2D eigenvalue weighted by Crippen LogP contribution is 2.12. The van der Waals surface area contributed by atoms with Crippen LogP contribution in [0.1, 0.15) is 16.8 Å². The minimum atomic E-state index is -0.944. The van der Waals surface area contributed by atoms with Gasteiger partial charge in [0.2, 0.25) is 5.91 Å². The summed E-state index contributed by atoms with van der Waals surface area (Å²) in [7, 11) is 1.55. The Morgan fingerprint density at radius 3 is 2.38 bits per heavy atom. The average Bonchev–Trinajstić information content (AvgIpc) is 2.45. The van der Waals surface area contributed by atoms with Crippen molar-refractivity contribution >= 4 is 41.0 Å². The van der Waals surface area contributed by atoms with E-state index in [0.717, 1.165) is 0 Å². The van der Waals surface area contributed by atoms with Gasteiger partial charge in [-0.25, -0.2) is 0 Å². The van der Waals surface area contributed by atoms with Crippen molar-refractivity contribution in [3.63, 3.8) is 0 Å². The quantitative estimate of drug-likeness (QED) is 0.740. The number of halogens is 1. The van der Waals surface area contributed by atoms with E-state index < -0.39 is 5.97 Å². The molecular weight excluding hydrogens is 314 g/mol. The summed E-state index contributed by atoms with van der Waals surface area (Å²) in [6.45, 7) is 0.167. The lowest BCUT2D eigenvalue weighted by atomic mass is 10.1. The lowest BCUT2D eigenvalue weighted by Crippen LogP contribution is -2.30. The number of hydrogen-bond donors (Lipinski definition) is 1. The first-order valence-electron chi connectivity index (χ1n) is 6.22. The number of ketones is 1. The Bertz CT molecular complexity index is 518. The van der Waals surface area contributed by atoms with Crippen molar-refractivity contribution in [3.8, 4) is 0 Å². The van der Waals surface area contributed by atoms with Crippen LogP contribution in [0.2, 0.25) is 5.02 Å². The monoisotopic (exact) mass is 329 g/mol. The molecule has 0 aliphatic rings. The number of rotatable bonds is 8. The maximum Gasteiger partial charge on any atom is 0.305 e. The molecular formula is C14H16ClNO4S. The van der Waals surface area contributed by atoms with Gasteiger partial charge in [-0.1, -0.05) is 11.6 Å². The number of thioether (sulfide) groups is 1. The number of benzene rings is 1. The third-order valence-corrected chi connectivity index (χ3v) is 3.88. The molecule has 114 valence electrons. The molecule has 0 saturated heterocycles. The third kappa shape index (κ3) is 6.64. The van der Waals surface area contributed by atoms with E-state index in [2.05, 4.69) is 0 Å². The van der Waals surface area contributed by atoms with Crippen LogP contribution >= 0.6 is 23.4 Å². The number of aliphatic carboxylic acids is 1. The molecule has 21 heavy (non-hydrogen) atoms. The topological polar surface area (TPSA) is 74.7 Å². The van der Waals surface area contributed by atoms with Crippen LogP contribution in [-0.2, 0) is 9.59 Å². The average molecular weight is 330 g/mol. The van der Waals surface area contributed by atoms with E-state index in [1.807, 2.05) is 0 Å². The number of amides is 1. The van der Waals surface area contributed by atoms with Gasteiger partial charge in [-0.3, -0.25) is 14.4 Å². The summed E-state index contributed by atoms with van der Waals surface area (Å²) in [5.74, 6) is -0.863. The number of Topliss-reactive ketones (excluding diaryl/α,β-unsaturated/α-hetero) is 1. The number of carboxylic acids is 1. The lowest BCUT2D eigenvalue weighted by molar-refractivity contribution is -0.137. The van der Waals surface area contributed by atoms with E-state index in [1.165, 1.54) is 16.7 Å². The van der Waals surface area contributed by atoms with Crippen molar-refractivity contribution in [1.82, 2.24) is 4.90 Å². The predicted octanol–water partition coefficient (Wildman–Crippen LogP) is 2.19. The van der Waals surface area contributed by atoms with Crippen LogP contribution in [0, 0.1) is 0 Å². The van der Waals surface area contributed by atoms with Crippen LogP contribution < -0.4 is 0 Å². The molecule has 0 heterocycles. The van der Waals surface area contributed by atoms with Crippen LogP contribution in [0.3, 0.4) is 0 Å². The molecule has 1 N–H and O–H groups in total. The largest absolute Gasteiger partial charge is 0.481 e. The van der Waals surface area contributed by atoms with Gasteiger partial charge in [0.15, 0.2) is 5.78 Å². The van der Waals surface area contributed by atoms with Gasteiger partial charge < -0.3 is 10.0 Å². The Labute approximate surface area is 132 Å². The Morgan fingerprint density at radius 1 is 1.19 bits per heavy atom. The molecule has 0 radical (unpaired) electrons. The second-order valence-electron chi connectivity index (χ2n) is 4.38. The standard InChI is InChI=1S/C14H16ClNO4S/c1-16(7-6-14(19)20)13(18)9-21-8-12(17)10-2-4-11(15)5-3-10/h2-5H,6-9H2,1H3,(H,19,20). The Kier molecular flexibility index (Phi) is 7.25. The summed E-state index contributed by atoms with van der Waals surface area (Å²) in [4.78, 5) is 35.3. The lowest BCUT2D eigenvalue weighted by Gasteiger charge is -2.15. The van der Waals surface area contributed by atoms with Crippen LogP contribution in [0.4, 0.5) is 0 Å². The fourth-order valence-electron chi connectivity index (χ4n) is 1.45. The van der Waals surface area contributed by atoms with Gasteiger partial charge in [0.1, 0.15) is 0 Å². The molecule has 0 unspecified atom stereocenters. The molecule has 0 aliphatic heterocycles. The fraction of sp³-hybridized carbons (Fsp3) is 0.357. The highest BCUT2D eigenvalue weighted by atomic mass is 35.5. The number of nitrogens with zero attached hydrogens (tertiary/aromatic N) is 1. The zero-order valence-corrected chi connectivity index (χ0v) is 13.1. The molecule has 1 rings (SSSR count). The van der Waals surface area contributed by atoms with Gasteiger partial charge in [-0.05, 0) is 24.3 Å². The first-order valence-corrected chi connectivity index (χ1v) is 7.75. The Morgan fingerprint density at radius 2 is 1.81 bits per heavy atom. The number of carboxylic acid groups (broad SMARTS) is 1. The highest BCUT2D eigenvalue weighted by Gasteiger charge is 2.12. The molecule has 0 saturated carbocycles. The molecule has 0 aliphatic carbocycles. The van der Waals surface area contributed by atoms with Crippen molar-refractivity contribution in [2.24, 2.45) is 0 Å². The molecule has 0 atom stereocenters. The predicted molar refractivity (Wildman–Crippen MR) is 83.0 cm³/mol. The van der Waals surface area contributed by atoms with Crippen molar-refractivity contribution < 1.29 is 19.5 Å². The van der Waals surface area contributed by atoms with Crippen LogP contribution in [0.15, 0.2) is 24.3 Å². The summed E-state index contributed by atoms with van der Waals surface area (Å²) in [6.07, 6.45) is -0.0867. The second-order valence-corrected chi connectivity index (χ2v) is 5.80. The number of carbonyl (C=O) groups excluding carboxylic acids is 2. The van der Waals surface area contributed by atoms with Crippen molar-refractivity contribution in [2.75, 3.05) is 25.1 Å². The van der Waals surface area contributed by atoms with Gasteiger partial charge in [0.25, 0.3) is 0 Å². The molecule has 1 aromatic carbocycles. The summed E-state index contributed by atoms with van der Waals surface area (Å²) in [5.41, 5.74) is 0.554. The van der Waals surface area contributed by atoms with E-state index in [-0.39, 0.29) is 36.2 Å². The van der Waals surface area contributed by atoms with Gasteiger partial charge in [-0.2, -0.15) is 0 Å². The van der Waals surface area contributed by atoms with Crippen LogP contribution in [-0.4, -0.2) is 52.8 Å².